The molecule has 0 aromatic heterocycles. The van der Waals surface area contributed by atoms with Crippen molar-refractivity contribution in [1.29, 1.82) is 0 Å². The van der Waals surface area contributed by atoms with E-state index in [1.807, 2.05) is 0 Å². The summed E-state index contributed by atoms with van der Waals surface area (Å²) in [6.45, 7) is 1.11. The van der Waals surface area contributed by atoms with Gasteiger partial charge < -0.3 is 15.3 Å². The van der Waals surface area contributed by atoms with Crippen molar-refractivity contribution >= 4 is 5.91 Å². The second-order valence-electron chi connectivity index (χ2n) is 4.11. The smallest absolute Gasteiger partial charge is 0.257 e. The molecule has 0 radical (unpaired) electrons. The van der Waals surface area contributed by atoms with E-state index in [2.05, 4.69) is 5.32 Å². The molecule has 1 amide bonds. The van der Waals surface area contributed by atoms with E-state index >= 15 is 0 Å². The van der Waals surface area contributed by atoms with Gasteiger partial charge >= 0.3 is 0 Å². The molecule has 2 rings (SSSR count). The fourth-order valence-electron chi connectivity index (χ4n) is 1.65. The lowest BCUT2D eigenvalue weighted by Gasteiger charge is -2.35. The molecule has 0 saturated carbocycles. The molecule has 0 spiro atoms. The lowest BCUT2D eigenvalue weighted by atomic mass is 10.1. The van der Waals surface area contributed by atoms with Crippen molar-refractivity contribution in [2.75, 3.05) is 20.1 Å². The normalized spacial score (nSPS) is 15.3. The molecule has 1 heterocycles. The van der Waals surface area contributed by atoms with Gasteiger partial charge in [-0.05, 0) is 6.07 Å². The second-order valence-corrected chi connectivity index (χ2v) is 4.11. The highest BCUT2D eigenvalue weighted by molar-refractivity contribution is 5.95. The van der Waals surface area contributed by atoms with Crippen LogP contribution < -0.4 is 5.32 Å². The number of phenols is 1. The Morgan fingerprint density at radius 3 is 2.50 bits per heavy atom. The number of likely N-dealkylation sites (N-methyl/N-ethyl adjacent to an activating group) is 1. The fraction of sp³-hybridized carbons (Fsp3) is 0.364. The fourth-order valence-corrected chi connectivity index (χ4v) is 1.65. The summed E-state index contributed by atoms with van der Waals surface area (Å²) >= 11 is 0. The quantitative estimate of drug-likeness (QED) is 0.775. The first-order chi connectivity index (χ1) is 8.43. The van der Waals surface area contributed by atoms with Gasteiger partial charge in [0.1, 0.15) is 0 Å². The predicted octanol–water partition coefficient (Wildman–Crippen LogP) is 0.853. The molecular formula is C11H11F3N2O2. The van der Waals surface area contributed by atoms with E-state index in [0.717, 1.165) is 0 Å². The maximum Gasteiger partial charge on any atom is 0.257 e. The number of benzene rings is 1. The van der Waals surface area contributed by atoms with Crippen LogP contribution in [0.25, 0.3) is 0 Å². The van der Waals surface area contributed by atoms with Crippen LogP contribution in [0, 0.1) is 17.5 Å². The summed E-state index contributed by atoms with van der Waals surface area (Å²) in [7, 11) is 1.44. The maximum absolute atomic E-state index is 13.5. The molecule has 1 aliphatic heterocycles. The summed E-state index contributed by atoms with van der Waals surface area (Å²) in [5, 5.41) is 12.0. The van der Waals surface area contributed by atoms with Gasteiger partial charge in [-0.2, -0.15) is 4.39 Å². The Bertz CT molecular complexity index is 504. The van der Waals surface area contributed by atoms with Gasteiger partial charge in [0, 0.05) is 20.1 Å². The number of amides is 1. The lowest BCUT2D eigenvalue weighted by Crippen LogP contribution is -2.57. The number of halogens is 3. The van der Waals surface area contributed by atoms with Crippen molar-refractivity contribution in [3.8, 4) is 5.75 Å². The minimum absolute atomic E-state index is 0.118. The topological polar surface area (TPSA) is 52.6 Å². The molecule has 1 fully saturated rings. The van der Waals surface area contributed by atoms with E-state index < -0.39 is 34.7 Å². The van der Waals surface area contributed by atoms with E-state index in [4.69, 9.17) is 5.11 Å². The minimum Gasteiger partial charge on any atom is -0.503 e. The Labute approximate surface area is 101 Å². The van der Waals surface area contributed by atoms with Crippen molar-refractivity contribution in [3.63, 3.8) is 0 Å². The maximum atomic E-state index is 13.5. The average Bonchev–Trinajstić information content (AvgIpc) is 2.28. The van der Waals surface area contributed by atoms with Crippen LogP contribution in [0.3, 0.4) is 0 Å². The predicted molar refractivity (Wildman–Crippen MR) is 56.7 cm³/mol. The summed E-state index contributed by atoms with van der Waals surface area (Å²) in [6, 6.07) is 0.335. The highest BCUT2D eigenvalue weighted by Crippen LogP contribution is 2.26. The summed E-state index contributed by atoms with van der Waals surface area (Å²) in [5.41, 5.74) is -0.680. The Morgan fingerprint density at radius 2 is 2.00 bits per heavy atom. The first kappa shape index (κ1) is 12.7. The van der Waals surface area contributed by atoms with Crippen LogP contribution in [0.1, 0.15) is 10.4 Å². The largest absolute Gasteiger partial charge is 0.503 e. The number of phenolic OH excluding ortho intramolecular Hbond substituents is 1. The third-order valence-corrected chi connectivity index (χ3v) is 2.99. The van der Waals surface area contributed by atoms with Crippen LogP contribution in [0.4, 0.5) is 13.2 Å². The first-order valence-corrected chi connectivity index (χ1v) is 5.27. The van der Waals surface area contributed by atoms with Crippen LogP contribution >= 0.6 is 0 Å². The molecule has 1 aromatic carbocycles. The molecule has 18 heavy (non-hydrogen) atoms. The zero-order valence-corrected chi connectivity index (χ0v) is 9.51. The van der Waals surface area contributed by atoms with E-state index in [0.29, 0.717) is 19.2 Å². The van der Waals surface area contributed by atoms with Crippen LogP contribution in [-0.4, -0.2) is 42.1 Å². The number of rotatable bonds is 2. The van der Waals surface area contributed by atoms with E-state index in [1.54, 1.807) is 0 Å². The molecule has 7 heteroatoms. The average molecular weight is 260 g/mol. The molecule has 0 bridgehead atoms. The highest BCUT2D eigenvalue weighted by Gasteiger charge is 2.30. The number of aromatic hydroxyl groups is 1. The number of nitrogens with one attached hydrogen (secondary N) is 1. The molecule has 1 saturated heterocycles. The van der Waals surface area contributed by atoms with Crippen molar-refractivity contribution in [2.45, 2.75) is 6.04 Å². The molecule has 1 aromatic rings. The lowest BCUT2D eigenvalue weighted by molar-refractivity contribution is 0.0674. The number of carbonyl (C=O) groups excluding carboxylic acids is 1. The Balaban J connectivity index is 2.35. The van der Waals surface area contributed by atoms with Crippen molar-refractivity contribution in [3.05, 3.63) is 29.1 Å². The molecule has 1 aliphatic rings. The van der Waals surface area contributed by atoms with Crippen LogP contribution in [0.2, 0.25) is 0 Å². The van der Waals surface area contributed by atoms with Gasteiger partial charge in [0.25, 0.3) is 5.91 Å². The van der Waals surface area contributed by atoms with Crippen LogP contribution in [-0.2, 0) is 0 Å². The molecule has 0 atom stereocenters. The number of carbonyl (C=O) groups is 1. The van der Waals surface area contributed by atoms with E-state index in [9.17, 15) is 18.0 Å². The van der Waals surface area contributed by atoms with Gasteiger partial charge in [-0.15, -0.1) is 0 Å². The summed E-state index contributed by atoms with van der Waals surface area (Å²) in [4.78, 5) is 13.1. The van der Waals surface area contributed by atoms with Crippen molar-refractivity contribution in [1.82, 2.24) is 10.2 Å². The SMILES string of the molecule is CN(C(=O)c1cc(F)c(F)c(O)c1F)C1CNC1. The number of nitrogens with zero attached hydrogens (tertiary/aromatic N) is 1. The van der Waals surface area contributed by atoms with Crippen molar-refractivity contribution in [2.24, 2.45) is 0 Å². The van der Waals surface area contributed by atoms with E-state index in [1.165, 1.54) is 11.9 Å². The number of hydrogen-bond donors (Lipinski definition) is 2. The van der Waals surface area contributed by atoms with Gasteiger partial charge in [-0.25, -0.2) is 8.78 Å². The van der Waals surface area contributed by atoms with Gasteiger partial charge in [0.15, 0.2) is 17.4 Å². The van der Waals surface area contributed by atoms with Crippen LogP contribution in [0.15, 0.2) is 6.07 Å². The summed E-state index contributed by atoms with van der Waals surface area (Å²) in [6.07, 6.45) is 0. The zero-order chi connectivity index (χ0) is 13.4. The van der Waals surface area contributed by atoms with Gasteiger partial charge in [0.05, 0.1) is 11.6 Å². The molecular weight excluding hydrogens is 249 g/mol. The Hall–Kier alpha value is -1.76. The molecule has 0 unspecified atom stereocenters. The third-order valence-electron chi connectivity index (χ3n) is 2.99. The molecule has 98 valence electrons. The van der Waals surface area contributed by atoms with Gasteiger partial charge in [-0.1, -0.05) is 0 Å². The van der Waals surface area contributed by atoms with Gasteiger partial charge in [0.2, 0.25) is 5.82 Å². The Morgan fingerprint density at radius 1 is 1.39 bits per heavy atom. The summed E-state index contributed by atoms with van der Waals surface area (Å²) < 4.78 is 39.4. The molecule has 4 nitrogen and oxygen atoms in total. The van der Waals surface area contributed by atoms with Crippen LogP contribution in [0.5, 0.6) is 5.75 Å². The monoisotopic (exact) mass is 260 g/mol. The third kappa shape index (κ3) is 1.90. The standard InChI is InChI=1S/C11H11F3N2O2/c1-16(5-3-15-4-5)11(18)6-2-7(12)9(14)10(17)8(6)13/h2,5,15,17H,3-4H2,1H3. The van der Waals surface area contributed by atoms with Crippen molar-refractivity contribution < 1.29 is 23.1 Å². The highest BCUT2D eigenvalue weighted by atomic mass is 19.2. The molecule has 0 aliphatic carbocycles. The number of hydrogen-bond acceptors (Lipinski definition) is 3. The van der Waals surface area contributed by atoms with Gasteiger partial charge in [-0.3, -0.25) is 4.79 Å². The van der Waals surface area contributed by atoms with E-state index in [-0.39, 0.29) is 6.04 Å². The Kier molecular flexibility index (Phi) is 3.16. The second kappa shape index (κ2) is 4.49. The molecule has 2 N–H and O–H groups in total. The summed E-state index contributed by atoms with van der Waals surface area (Å²) in [5.74, 6) is -6.88. The minimum atomic E-state index is -1.70. The zero-order valence-electron chi connectivity index (χ0n) is 9.51. The first-order valence-electron chi connectivity index (χ1n) is 5.27.